The summed E-state index contributed by atoms with van der Waals surface area (Å²) in [6.45, 7) is 7.75. The van der Waals surface area contributed by atoms with Crippen LogP contribution in [0.25, 0.3) is 11.0 Å². The van der Waals surface area contributed by atoms with Crippen molar-refractivity contribution in [1.29, 1.82) is 0 Å². The zero-order valence-corrected chi connectivity index (χ0v) is 19.2. The summed E-state index contributed by atoms with van der Waals surface area (Å²) in [5.41, 5.74) is 1.19. The summed E-state index contributed by atoms with van der Waals surface area (Å²) in [6.07, 6.45) is 0.799. The Hall–Kier alpha value is -2.51. The molecule has 0 saturated carbocycles. The van der Waals surface area contributed by atoms with Crippen LogP contribution in [0.1, 0.15) is 48.0 Å². The van der Waals surface area contributed by atoms with Crippen LogP contribution in [0.5, 0.6) is 0 Å². The molecule has 0 radical (unpaired) electrons. The fourth-order valence-electron chi connectivity index (χ4n) is 4.32. The molecule has 0 spiro atoms. The van der Waals surface area contributed by atoms with Crippen LogP contribution in [0, 0.1) is 5.82 Å². The molecular formula is C24H25BrFN2O3+. The second-order valence-electron chi connectivity index (χ2n) is 7.83. The van der Waals surface area contributed by atoms with Crippen molar-refractivity contribution >= 4 is 32.8 Å². The first-order valence-corrected chi connectivity index (χ1v) is 11.4. The van der Waals surface area contributed by atoms with Crippen molar-refractivity contribution in [3.8, 4) is 0 Å². The van der Waals surface area contributed by atoms with Gasteiger partial charge in [-0.15, -0.1) is 0 Å². The van der Waals surface area contributed by atoms with Gasteiger partial charge in [0.2, 0.25) is 5.76 Å². The maximum Gasteiger partial charge on any atom is 0.290 e. The highest BCUT2D eigenvalue weighted by atomic mass is 79.9. The second kappa shape index (κ2) is 8.93. The van der Waals surface area contributed by atoms with E-state index in [1.54, 1.807) is 35.2 Å². The van der Waals surface area contributed by atoms with Crippen LogP contribution in [0.4, 0.5) is 4.39 Å². The van der Waals surface area contributed by atoms with Gasteiger partial charge < -0.3 is 14.2 Å². The van der Waals surface area contributed by atoms with E-state index in [-0.39, 0.29) is 22.9 Å². The second-order valence-corrected chi connectivity index (χ2v) is 8.74. The lowest BCUT2D eigenvalue weighted by molar-refractivity contribution is -0.896. The van der Waals surface area contributed by atoms with Crippen molar-refractivity contribution in [1.82, 2.24) is 4.90 Å². The van der Waals surface area contributed by atoms with Crippen LogP contribution in [0.2, 0.25) is 0 Å². The van der Waals surface area contributed by atoms with Gasteiger partial charge in [-0.2, -0.15) is 0 Å². The number of carbonyl (C=O) groups is 1. The Morgan fingerprint density at radius 1 is 1.10 bits per heavy atom. The van der Waals surface area contributed by atoms with Gasteiger partial charge >= 0.3 is 0 Å². The monoisotopic (exact) mass is 487 g/mol. The molecule has 1 aliphatic rings. The van der Waals surface area contributed by atoms with Gasteiger partial charge in [-0.05, 0) is 49.7 Å². The Balaban J connectivity index is 1.80. The Bertz CT molecular complexity index is 1170. The van der Waals surface area contributed by atoms with Crippen LogP contribution in [-0.4, -0.2) is 37.0 Å². The maximum absolute atomic E-state index is 13.6. The average Bonchev–Trinajstić information content (AvgIpc) is 3.04. The Labute approximate surface area is 188 Å². The molecule has 5 nitrogen and oxygen atoms in total. The topological polar surface area (TPSA) is 55.0 Å². The first-order chi connectivity index (χ1) is 14.9. The third kappa shape index (κ3) is 4.04. The van der Waals surface area contributed by atoms with Gasteiger partial charge in [0.25, 0.3) is 5.91 Å². The summed E-state index contributed by atoms with van der Waals surface area (Å²) < 4.78 is 20.3. The van der Waals surface area contributed by atoms with Crippen molar-refractivity contribution in [2.45, 2.75) is 26.3 Å². The summed E-state index contributed by atoms with van der Waals surface area (Å²) in [5.74, 6) is -0.565. The Kier molecular flexibility index (Phi) is 6.25. The van der Waals surface area contributed by atoms with E-state index in [0.717, 1.165) is 30.5 Å². The molecule has 1 unspecified atom stereocenters. The van der Waals surface area contributed by atoms with Gasteiger partial charge in [0.15, 0.2) is 5.43 Å². The SMILES string of the molecule is CC[NH+](CC)CCCN1C(=O)c2oc3ccc(Br)cc3c(=O)c2C1c1ccc(F)cc1. The van der Waals surface area contributed by atoms with E-state index in [4.69, 9.17) is 4.42 Å². The highest BCUT2D eigenvalue weighted by Crippen LogP contribution is 2.38. The zero-order valence-electron chi connectivity index (χ0n) is 17.6. The third-order valence-corrected chi connectivity index (χ3v) is 6.54. The molecule has 4 rings (SSSR count). The molecule has 31 heavy (non-hydrogen) atoms. The third-order valence-electron chi connectivity index (χ3n) is 6.04. The number of hydrogen-bond acceptors (Lipinski definition) is 3. The first kappa shape index (κ1) is 21.7. The van der Waals surface area contributed by atoms with Crippen molar-refractivity contribution < 1.29 is 18.5 Å². The lowest BCUT2D eigenvalue weighted by atomic mass is 9.98. The van der Waals surface area contributed by atoms with Crippen molar-refractivity contribution in [3.63, 3.8) is 0 Å². The molecule has 3 aromatic rings. The molecule has 2 aromatic carbocycles. The summed E-state index contributed by atoms with van der Waals surface area (Å²) in [6, 6.07) is 10.6. The summed E-state index contributed by atoms with van der Waals surface area (Å²) in [4.78, 5) is 29.9. The number of nitrogens with one attached hydrogen (secondary N) is 1. The molecule has 0 fully saturated rings. The number of benzene rings is 2. The molecule has 2 heterocycles. The van der Waals surface area contributed by atoms with Gasteiger partial charge in [0.1, 0.15) is 11.4 Å². The molecule has 1 N–H and O–H groups in total. The molecule has 7 heteroatoms. The zero-order chi connectivity index (χ0) is 22.1. The predicted molar refractivity (Wildman–Crippen MR) is 121 cm³/mol. The molecule has 0 bridgehead atoms. The summed E-state index contributed by atoms with van der Waals surface area (Å²) >= 11 is 3.40. The molecule has 1 atom stereocenters. The lowest BCUT2D eigenvalue weighted by Crippen LogP contribution is -3.11. The van der Waals surface area contributed by atoms with E-state index >= 15 is 0 Å². The van der Waals surface area contributed by atoms with Gasteiger partial charge in [0, 0.05) is 17.4 Å². The highest BCUT2D eigenvalue weighted by molar-refractivity contribution is 9.10. The van der Waals surface area contributed by atoms with E-state index in [2.05, 4.69) is 29.8 Å². The largest absolute Gasteiger partial charge is 0.450 e. The van der Waals surface area contributed by atoms with Gasteiger partial charge in [0.05, 0.1) is 36.6 Å². The smallest absolute Gasteiger partial charge is 0.290 e. The first-order valence-electron chi connectivity index (χ1n) is 10.6. The van der Waals surface area contributed by atoms with E-state index in [0.29, 0.717) is 28.6 Å². The summed E-state index contributed by atoms with van der Waals surface area (Å²) in [5, 5.41) is 0.419. The predicted octanol–water partition coefficient (Wildman–Crippen LogP) is 3.55. The molecule has 1 amide bonds. The van der Waals surface area contributed by atoms with Crippen molar-refractivity contribution in [2.75, 3.05) is 26.2 Å². The minimum atomic E-state index is -0.588. The van der Waals surface area contributed by atoms with E-state index in [1.165, 1.54) is 17.0 Å². The van der Waals surface area contributed by atoms with Crippen molar-refractivity contribution in [2.24, 2.45) is 0 Å². The van der Waals surface area contributed by atoms with Gasteiger partial charge in [-0.1, -0.05) is 28.1 Å². The number of carbonyl (C=O) groups excluding carboxylic acids is 1. The maximum atomic E-state index is 13.6. The van der Waals surface area contributed by atoms with Gasteiger partial charge in [-0.3, -0.25) is 9.59 Å². The lowest BCUT2D eigenvalue weighted by Gasteiger charge is -2.26. The number of nitrogens with zero attached hydrogens (tertiary/aromatic N) is 1. The number of amides is 1. The fraction of sp³-hybridized carbons (Fsp3) is 0.333. The number of halogens is 2. The normalized spacial score (nSPS) is 15.8. The Morgan fingerprint density at radius 3 is 2.48 bits per heavy atom. The molecule has 1 aliphatic heterocycles. The van der Waals surface area contributed by atoms with E-state index < -0.39 is 6.04 Å². The molecule has 162 valence electrons. The van der Waals surface area contributed by atoms with Crippen LogP contribution in [0.3, 0.4) is 0 Å². The number of fused-ring (bicyclic) bond motifs is 2. The highest BCUT2D eigenvalue weighted by Gasteiger charge is 2.42. The minimum absolute atomic E-state index is 0.0873. The molecular weight excluding hydrogens is 463 g/mol. The van der Waals surface area contributed by atoms with E-state index in [1.807, 2.05) is 0 Å². The summed E-state index contributed by atoms with van der Waals surface area (Å²) in [7, 11) is 0. The van der Waals surface area contributed by atoms with Crippen LogP contribution >= 0.6 is 15.9 Å². The van der Waals surface area contributed by atoms with Crippen molar-refractivity contribution in [3.05, 3.63) is 79.9 Å². The van der Waals surface area contributed by atoms with Crippen LogP contribution < -0.4 is 10.3 Å². The molecule has 0 aliphatic carbocycles. The van der Waals surface area contributed by atoms with Gasteiger partial charge in [-0.25, -0.2) is 4.39 Å². The Morgan fingerprint density at radius 2 is 1.81 bits per heavy atom. The molecule has 0 saturated heterocycles. The fourth-order valence-corrected chi connectivity index (χ4v) is 4.68. The van der Waals surface area contributed by atoms with Crippen LogP contribution in [-0.2, 0) is 0 Å². The quantitative estimate of drug-likeness (QED) is 0.554. The minimum Gasteiger partial charge on any atom is -0.450 e. The average molecular weight is 488 g/mol. The molecule has 1 aromatic heterocycles. The van der Waals surface area contributed by atoms with Crippen LogP contribution in [0.15, 0.2) is 56.1 Å². The number of hydrogen-bond donors (Lipinski definition) is 1. The number of quaternary nitrogens is 1. The standard InChI is InChI=1S/C24H24BrFN2O3/c1-3-27(4-2)12-5-13-28-21(15-6-9-17(26)10-7-15)20-22(29)18-14-16(25)8-11-19(18)31-23(20)24(28)30/h6-11,14,21H,3-5,12-13H2,1-2H3/p+1. The number of rotatable bonds is 7. The van der Waals surface area contributed by atoms with E-state index in [9.17, 15) is 14.0 Å².